The number of anilines is 3. The van der Waals surface area contributed by atoms with Crippen LogP contribution in [0.15, 0.2) is 30.5 Å². The van der Waals surface area contributed by atoms with Crippen molar-refractivity contribution < 1.29 is 9.53 Å². The Balaban J connectivity index is 1.32. The molecule has 1 aliphatic heterocycles. The summed E-state index contributed by atoms with van der Waals surface area (Å²) in [6, 6.07) is 8.09. The van der Waals surface area contributed by atoms with Gasteiger partial charge in [0.05, 0.1) is 12.8 Å². The number of hydrogen-bond donors (Lipinski definition) is 1. The molecule has 1 amide bonds. The van der Waals surface area contributed by atoms with Gasteiger partial charge in [0.1, 0.15) is 17.1 Å². The van der Waals surface area contributed by atoms with E-state index in [-0.39, 0.29) is 11.4 Å². The number of likely N-dealkylation sites (N-methyl/N-ethyl adjacent to an activating group) is 1. The SMILES string of the molecule is COc1cc(Nc2ncc3cc(C(=O)N(C)C)n(C45CC(C4)C5)c3n2)ccc1N1CCN(C)CC1. The number of benzene rings is 1. The van der Waals surface area contributed by atoms with Gasteiger partial charge in [0.25, 0.3) is 5.91 Å². The van der Waals surface area contributed by atoms with Crippen LogP contribution < -0.4 is 15.0 Å². The largest absolute Gasteiger partial charge is 0.495 e. The van der Waals surface area contributed by atoms with Gasteiger partial charge >= 0.3 is 0 Å². The molecule has 9 nitrogen and oxygen atoms in total. The van der Waals surface area contributed by atoms with Gasteiger partial charge in [-0.2, -0.15) is 4.98 Å². The van der Waals surface area contributed by atoms with Crippen molar-refractivity contribution in [3.63, 3.8) is 0 Å². The lowest BCUT2D eigenvalue weighted by atomic mass is 9.49. The Morgan fingerprint density at radius 2 is 1.89 bits per heavy atom. The monoisotopic (exact) mass is 475 g/mol. The van der Waals surface area contributed by atoms with Gasteiger partial charge in [0.15, 0.2) is 0 Å². The topological polar surface area (TPSA) is 78.8 Å². The second-order valence-corrected chi connectivity index (χ2v) is 10.5. The van der Waals surface area contributed by atoms with Crippen molar-refractivity contribution in [2.24, 2.45) is 5.92 Å². The van der Waals surface area contributed by atoms with Crippen LogP contribution in [0.3, 0.4) is 0 Å². The van der Waals surface area contributed by atoms with Crippen LogP contribution in [-0.2, 0) is 5.54 Å². The summed E-state index contributed by atoms with van der Waals surface area (Å²) in [5.41, 5.74) is 3.53. The van der Waals surface area contributed by atoms with Gasteiger partial charge in [-0.05, 0) is 50.4 Å². The van der Waals surface area contributed by atoms with E-state index < -0.39 is 0 Å². The third kappa shape index (κ3) is 3.60. The number of rotatable bonds is 6. The molecule has 3 aromatic rings. The lowest BCUT2D eigenvalue weighted by Crippen LogP contribution is -2.60. The minimum absolute atomic E-state index is 0.00599. The van der Waals surface area contributed by atoms with Crippen molar-refractivity contribution >= 4 is 34.3 Å². The van der Waals surface area contributed by atoms with Crippen LogP contribution in [0.2, 0.25) is 0 Å². The molecule has 0 atom stereocenters. The van der Waals surface area contributed by atoms with Gasteiger partial charge in [-0.15, -0.1) is 0 Å². The normalized spacial score (nSPS) is 23.5. The molecule has 35 heavy (non-hydrogen) atoms. The lowest BCUT2D eigenvalue weighted by molar-refractivity contribution is -0.0870. The highest BCUT2D eigenvalue weighted by Crippen LogP contribution is 2.63. The molecule has 1 aromatic carbocycles. The van der Waals surface area contributed by atoms with Gasteiger partial charge < -0.3 is 29.3 Å². The average Bonchev–Trinajstić information content (AvgIpc) is 3.15. The molecule has 1 N–H and O–H groups in total. The second kappa shape index (κ2) is 8.12. The standard InChI is InChI=1S/C26H33N7O2/c1-30(2)24(34)21-11-18-16-27-25(29-23(18)33(21)26-13-17(14-26)15-26)28-19-5-6-20(22(12-19)35-4)32-9-7-31(3)8-10-32/h5-6,11-12,16-17H,7-10,13-15H2,1-4H3,(H,27,28,29). The number of amides is 1. The van der Waals surface area contributed by atoms with Gasteiger partial charge in [-0.25, -0.2) is 4.98 Å². The minimum Gasteiger partial charge on any atom is -0.495 e. The molecular formula is C26H33N7O2. The fourth-order valence-corrected chi connectivity index (χ4v) is 5.82. The fraction of sp³-hybridized carbons (Fsp3) is 0.500. The number of aromatic nitrogens is 3. The second-order valence-electron chi connectivity index (χ2n) is 10.5. The van der Waals surface area contributed by atoms with Crippen LogP contribution in [0, 0.1) is 5.92 Å². The number of hydrogen-bond acceptors (Lipinski definition) is 7. The van der Waals surface area contributed by atoms with Crippen molar-refractivity contribution in [2.45, 2.75) is 24.8 Å². The molecule has 7 rings (SSSR count). The summed E-state index contributed by atoms with van der Waals surface area (Å²) in [4.78, 5) is 28.8. The molecular weight excluding hydrogens is 442 g/mol. The smallest absolute Gasteiger partial charge is 0.270 e. The molecule has 3 saturated carbocycles. The summed E-state index contributed by atoms with van der Waals surface area (Å²) >= 11 is 0. The Kier molecular flexibility index (Phi) is 5.14. The number of nitrogens with one attached hydrogen (secondary N) is 1. The Morgan fingerprint density at radius 1 is 1.14 bits per heavy atom. The number of methoxy groups -OCH3 is 1. The van der Waals surface area contributed by atoms with E-state index in [9.17, 15) is 4.79 Å². The van der Waals surface area contributed by atoms with Gasteiger partial charge in [-0.3, -0.25) is 4.79 Å². The highest BCUT2D eigenvalue weighted by atomic mass is 16.5. The third-order valence-electron chi connectivity index (χ3n) is 7.93. The zero-order chi connectivity index (χ0) is 24.3. The first-order valence-corrected chi connectivity index (χ1v) is 12.4. The van der Waals surface area contributed by atoms with E-state index in [1.807, 2.05) is 24.4 Å². The molecule has 0 unspecified atom stereocenters. The summed E-state index contributed by atoms with van der Waals surface area (Å²) < 4.78 is 7.92. The van der Waals surface area contributed by atoms with Crippen LogP contribution in [0.1, 0.15) is 29.8 Å². The van der Waals surface area contributed by atoms with E-state index in [1.165, 1.54) is 0 Å². The maximum Gasteiger partial charge on any atom is 0.270 e. The van der Waals surface area contributed by atoms with Crippen molar-refractivity contribution in [1.82, 2.24) is 24.3 Å². The lowest BCUT2D eigenvalue weighted by Gasteiger charge is -2.62. The van der Waals surface area contributed by atoms with Crippen LogP contribution in [0.5, 0.6) is 5.75 Å². The zero-order valence-electron chi connectivity index (χ0n) is 20.9. The number of piperazine rings is 1. The minimum atomic E-state index is 0.00599. The predicted octanol–water partition coefficient (Wildman–Crippen LogP) is 3.15. The Labute approximate surface area is 205 Å². The van der Waals surface area contributed by atoms with Gasteiger partial charge in [0, 0.05) is 69.2 Å². The van der Waals surface area contributed by atoms with E-state index in [1.54, 1.807) is 26.1 Å². The molecule has 1 saturated heterocycles. The highest BCUT2D eigenvalue weighted by molar-refractivity contribution is 5.98. The van der Waals surface area contributed by atoms with Crippen molar-refractivity contribution in [1.29, 1.82) is 0 Å². The number of carbonyl (C=O) groups is 1. The van der Waals surface area contributed by atoms with E-state index in [2.05, 4.69) is 37.8 Å². The number of nitrogens with zero attached hydrogens (tertiary/aromatic N) is 6. The average molecular weight is 476 g/mol. The molecule has 9 heteroatoms. The van der Waals surface area contributed by atoms with E-state index in [0.717, 1.165) is 79.5 Å². The molecule has 4 fully saturated rings. The summed E-state index contributed by atoms with van der Waals surface area (Å²) in [7, 11) is 7.46. The maximum atomic E-state index is 13.0. The van der Waals surface area contributed by atoms with Crippen LogP contribution in [0.4, 0.5) is 17.3 Å². The molecule has 0 spiro atoms. The predicted molar refractivity (Wildman–Crippen MR) is 137 cm³/mol. The first kappa shape index (κ1) is 22.2. The molecule has 2 bridgehead atoms. The summed E-state index contributed by atoms with van der Waals surface area (Å²) in [6.45, 7) is 4.04. The molecule has 4 aliphatic rings. The third-order valence-corrected chi connectivity index (χ3v) is 7.93. The van der Waals surface area contributed by atoms with Crippen molar-refractivity contribution in [3.05, 3.63) is 36.2 Å². The zero-order valence-corrected chi connectivity index (χ0v) is 20.9. The summed E-state index contributed by atoms with van der Waals surface area (Å²) in [6.07, 6.45) is 5.20. The van der Waals surface area contributed by atoms with E-state index in [0.29, 0.717) is 11.6 Å². The van der Waals surface area contributed by atoms with E-state index in [4.69, 9.17) is 9.72 Å². The first-order chi connectivity index (χ1) is 16.9. The molecule has 2 aromatic heterocycles. The number of fused-ring (bicyclic) bond motifs is 1. The number of carbonyl (C=O) groups excluding carboxylic acids is 1. The quantitative estimate of drug-likeness (QED) is 0.587. The van der Waals surface area contributed by atoms with Crippen LogP contribution in [-0.4, -0.2) is 84.7 Å². The summed E-state index contributed by atoms with van der Waals surface area (Å²) in [5.74, 6) is 2.14. The molecule has 0 radical (unpaired) electrons. The molecule has 184 valence electrons. The van der Waals surface area contributed by atoms with Gasteiger partial charge in [-0.1, -0.05) is 0 Å². The van der Waals surface area contributed by atoms with Crippen molar-refractivity contribution in [3.8, 4) is 5.75 Å². The van der Waals surface area contributed by atoms with Crippen molar-refractivity contribution in [2.75, 3.05) is 64.6 Å². The molecule has 3 aliphatic carbocycles. The Bertz CT molecular complexity index is 1280. The molecule has 3 heterocycles. The maximum absolute atomic E-state index is 13.0. The number of ether oxygens (including phenoxy) is 1. The van der Waals surface area contributed by atoms with Crippen LogP contribution >= 0.6 is 0 Å². The van der Waals surface area contributed by atoms with Crippen LogP contribution in [0.25, 0.3) is 11.0 Å². The Hall–Kier alpha value is -3.33. The highest BCUT2D eigenvalue weighted by Gasteiger charge is 2.59. The van der Waals surface area contributed by atoms with E-state index >= 15 is 0 Å². The fourth-order valence-electron chi connectivity index (χ4n) is 5.82. The first-order valence-electron chi connectivity index (χ1n) is 12.4. The Morgan fingerprint density at radius 3 is 2.51 bits per heavy atom. The summed E-state index contributed by atoms with van der Waals surface area (Å²) in [5, 5.41) is 4.26. The van der Waals surface area contributed by atoms with Gasteiger partial charge in [0.2, 0.25) is 5.95 Å².